The van der Waals surface area contributed by atoms with E-state index in [9.17, 15) is 0 Å². The van der Waals surface area contributed by atoms with Crippen molar-refractivity contribution in [3.8, 4) is 0 Å². The average Bonchev–Trinajstić information content (AvgIpc) is 2.70. The highest BCUT2D eigenvalue weighted by atomic mass is 16.5. The Morgan fingerprint density at radius 3 is 3.07 bits per heavy atom. The summed E-state index contributed by atoms with van der Waals surface area (Å²) in [7, 11) is 0. The fourth-order valence-corrected chi connectivity index (χ4v) is 1.44. The lowest BCUT2D eigenvalue weighted by Crippen LogP contribution is -2.31. The highest BCUT2D eigenvalue weighted by molar-refractivity contribution is 4.76. The molecule has 1 atom stereocenters. The Kier molecular flexibility index (Phi) is 6.04. The van der Waals surface area contributed by atoms with E-state index in [-0.39, 0.29) is 0 Å². The van der Waals surface area contributed by atoms with Crippen molar-refractivity contribution in [2.45, 2.75) is 32.9 Å². The number of ether oxygens (including phenoxy) is 1. The molecule has 4 nitrogen and oxygen atoms in total. The van der Waals surface area contributed by atoms with Crippen molar-refractivity contribution in [3.05, 3.63) is 18.7 Å². The Balaban J connectivity index is 2.01. The van der Waals surface area contributed by atoms with Crippen LogP contribution in [0.2, 0.25) is 0 Å². The van der Waals surface area contributed by atoms with E-state index in [4.69, 9.17) is 4.74 Å². The van der Waals surface area contributed by atoms with Crippen LogP contribution in [0.1, 0.15) is 20.3 Å². The number of hydrogen-bond donors (Lipinski definition) is 1. The summed E-state index contributed by atoms with van der Waals surface area (Å²) in [6.45, 7) is 7.84. The second-order valence-corrected chi connectivity index (χ2v) is 3.67. The van der Waals surface area contributed by atoms with E-state index in [1.807, 2.05) is 25.6 Å². The van der Waals surface area contributed by atoms with Gasteiger partial charge < -0.3 is 14.6 Å². The molecule has 0 radical (unpaired) electrons. The Bertz CT molecular complexity index is 236. The maximum absolute atomic E-state index is 5.27. The smallest absolute Gasteiger partial charge is 0.0946 e. The van der Waals surface area contributed by atoms with Crippen LogP contribution in [-0.4, -0.2) is 35.4 Å². The summed E-state index contributed by atoms with van der Waals surface area (Å²) >= 11 is 0. The van der Waals surface area contributed by atoms with Crippen molar-refractivity contribution >= 4 is 0 Å². The molecule has 0 aliphatic carbocycles. The van der Waals surface area contributed by atoms with Crippen LogP contribution in [0.5, 0.6) is 0 Å². The van der Waals surface area contributed by atoms with E-state index in [1.165, 1.54) is 0 Å². The van der Waals surface area contributed by atoms with Gasteiger partial charge in [-0.1, -0.05) is 0 Å². The van der Waals surface area contributed by atoms with Crippen molar-refractivity contribution in [1.82, 2.24) is 14.9 Å². The zero-order valence-corrected chi connectivity index (χ0v) is 9.65. The molecule has 0 saturated carbocycles. The zero-order valence-electron chi connectivity index (χ0n) is 9.65. The van der Waals surface area contributed by atoms with Gasteiger partial charge >= 0.3 is 0 Å². The fourth-order valence-electron chi connectivity index (χ4n) is 1.44. The Hall–Kier alpha value is -0.870. The molecule has 1 aromatic heterocycles. The number of aromatic nitrogens is 2. The van der Waals surface area contributed by atoms with Crippen LogP contribution < -0.4 is 5.32 Å². The normalized spacial score (nSPS) is 12.9. The monoisotopic (exact) mass is 211 g/mol. The van der Waals surface area contributed by atoms with Crippen molar-refractivity contribution < 1.29 is 4.74 Å². The van der Waals surface area contributed by atoms with Gasteiger partial charge in [0.05, 0.1) is 6.33 Å². The molecule has 0 saturated heterocycles. The zero-order chi connectivity index (χ0) is 10.9. The lowest BCUT2D eigenvalue weighted by molar-refractivity contribution is 0.144. The van der Waals surface area contributed by atoms with E-state index in [0.717, 1.165) is 32.7 Å². The SMILES string of the molecule is CCOCCCNC(C)Cn1ccnc1. The first kappa shape index (κ1) is 12.2. The fraction of sp³-hybridized carbons (Fsp3) is 0.727. The van der Waals surface area contributed by atoms with Gasteiger partial charge in [0.1, 0.15) is 0 Å². The standard InChI is InChI=1S/C11H21N3O/c1-3-15-8-4-5-13-11(2)9-14-7-6-12-10-14/h6-7,10-11,13H,3-5,8-9H2,1-2H3. The average molecular weight is 211 g/mol. The molecule has 15 heavy (non-hydrogen) atoms. The lowest BCUT2D eigenvalue weighted by Gasteiger charge is -2.14. The number of rotatable bonds is 8. The molecule has 0 spiro atoms. The van der Waals surface area contributed by atoms with Crippen LogP contribution in [-0.2, 0) is 11.3 Å². The maximum atomic E-state index is 5.27. The quantitative estimate of drug-likeness (QED) is 0.659. The summed E-state index contributed by atoms with van der Waals surface area (Å²) in [5, 5.41) is 3.45. The molecule has 86 valence electrons. The number of nitrogens with one attached hydrogen (secondary N) is 1. The Labute approximate surface area is 91.7 Å². The summed E-state index contributed by atoms with van der Waals surface area (Å²) in [4.78, 5) is 4.01. The van der Waals surface area contributed by atoms with Crippen molar-refractivity contribution in [2.75, 3.05) is 19.8 Å². The second-order valence-electron chi connectivity index (χ2n) is 3.67. The summed E-state index contributed by atoms with van der Waals surface area (Å²) in [6.07, 6.45) is 6.71. The van der Waals surface area contributed by atoms with Gasteiger partial charge in [-0.3, -0.25) is 0 Å². The van der Waals surface area contributed by atoms with Crippen LogP contribution in [0, 0.1) is 0 Å². The number of hydrogen-bond acceptors (Lipinski definition) is 3. The summed E-state index contributed by atoms with van der Waals surface area (Å²) in [6, 6.07) is 0.473. The summed E-state index contributed by atoms with van der Waals surface area (Å²) < 4.78 is 7.35. The van der Waals surface area contributed by atoms with Gasteiger partial charge in [0.2, 0.25) is 0 Å². The molecule has 1 rings (SSSR count). The first-order valence-electron chi connectivity index (χ1n) is 5.59. The number of nitrogens with zero attached hydrogens (tertiary/aromatic N) is 2. The Morgan fingerprint density at radius 2 is 2.40 bits per heavy atom. The summed E-state index contributed by atoms with van der Waals surface area (Å²) in [5.41, 5.74) is 0. The molecule has 1 unspecified atom stereocenters. The van der Waals surface area contributed by atoms with Gasteiger partial charge in [-0.15, -0.1) is 0 Å². The van der Waals surface area contributed by atoms with E-state index in [0.29, 0.717) is 6.04 Å². The molecule has 1 N–H and O–H groups in total. The van der Waals surface area contributed by atoms with Crippen LogP contribution in [0.4, 0.5) is 0 Å². The second kappa shape index (κ2) is 7.43. The predicted molar refractivity (Wildman–Crippen MR) is 60.8 cm³/mol. The molecule has 0 aliphatic rings. The molecular weight excluding hydrogens is 190 g/mol. The van der Waals surface area contributed by atoms with Crippen LogP contribution in [0.25, 0.3) is 0 Å². The van der Waals surface area contributed by atoms with Gasteiger partial charge in [0.15, 0.2) is 0 Å². The van der Waals surface area contributed by atoms with Crippen molar-refractivity contribution in [1.29, 1.82) is 0 Å². The van der Waals surface area contributed by atoms with Crippen LogP contribution in [0.15, 0.2) is 18.7 Å². The topological polar surface area (TPSA) is 39.1 Å². The third-order valence-electron chi connectivity index (χ3n) is 2.21. The highest BCUT2D eigenvalue weighted by Gasteiger charge is 2.00. The van der Waals surface area contributed by atoms with Gasteiger partial charge in [0, 0.05) is 38.2 Å². The first-order valence-corrected chi connectivity index (χ1v) is 5.59. The largest absolute Gasteiger partial charge is 0.382 e. The molecule has 0 aliphatic heterocycles. The molecule has 1 aromatic rings. The molecule has 0 amide bonds. The minimum atomic E-state index is 0.473. The van der Waals surface area contributed by atoms with Crippen molar-refractivity contribution in [3.63, 3.8) is 0 Å². The van der Waals surface area contributed by atoms with E-state index in [1.54, 1.807) is 0 Å². The van der Waals surface area contributed by atoms with E-state index in [2.05, 4.69) is 21.8 Å². The predicted octanol–water partition coefficient (Wildman–Crippen LogP) is 1.29. The third-order valence-corrected chi connectivity index (χ3v) is 2.21. The number of imidazole rings is 1. The third kappa shape index (κ3) is 5.54. The molecular formula is C11H21N3O. The van der Waals surface area contributed by atoms with Gasteiger partial charge in [-0.05, 0) is 26.8 Å². The highest BCUT2D eigenvalue weighted by Crippen LogP contribution is 1.91. The van der Waals surface area contributed by atoms with Crippen molar-refractivity contribution in [2.24, 2.45) is 0 Å². The molecule has 0 bridgehead atoms. The minimum Gasteiger partial charge on any atom is -0.382 e. The lowest BCUT2D eigenvalue weighted by atomic mass is 10.3. The maximum Gasteiger partial charge on any atom is 0.0946 e. The minimum absolute atomic E-state index is 0.473. The van der Waals surface area contributed by atoms with Gasteiger partial charge in [0.25, 0.3) is 0 Å². The summed E-state index contributed by atoms with van der Waals surface area (Å²) in [5.74, 6) is 0. The first-order chi connectivity index (χ1) is 7.33. The molecule has 0 fully saturated rings. The molecule has 1 heterocycles. The van der Waals surface area contributed by atoms with E-state index >= 15 is 0 Å². The van der Waals surface area contributed by atoms with Crippen LogP contribution >= 0.6 is 0 Å². The Morgan fingerprint density at radius 1 is 1.53 bits per heavy atom. The molecule has 4 heteroatoms. The van der Waals surface area contributed by atoms with E-state index < -0.39 is 0 Å². The molecule has 0 aromatic carbocycles. The van der Waals surface area contributed by atoms with Gasteiger partial charge in [-0.2, -0.15) is 0 Å². The van der Waals surface area contributed by atoms with Gasteiger partial charge in [-0.25, -0.2) is 4.98 Å². The van der Waals surface area contributed by atoms with Crippen LogP contribution in [0.3, 0.4) is 0 Å².